The van der Waals surface area contributed by atoms with Gasteiger partial charge in [-0.15, -0.1) is 6.10 Å². The van der Waals surface area contributed by atoms with Gasteiger partial charge in [-0.3, -0.25) is 4.98 Å². The van der Waals surface area contributed by atoms with E-state index in [1.54, 1.807) is 24.8 Å². The van der Waals surface area contributed by atoms with Crippen molar-refractivity contribution in [1.82, 2.24) is 39.5 Å². The van der Waals surface area contributed by atoms with E-state index in [1.807, 2.05) is 149 Å². The van der Waals surface area contributed by atoms with Crippen molar-refractivity contribution >= 4 is 0 Å². The predicted molar refractivity (Wildman–Crippen MR) is 292 cm³/mol. The third kappa shape index (κ3) is 21.8. The summed E-state index contributed by atoms with van der Waals surface area (Å²) < 4.78 is 17.6. The minimum atomic E-state index is -0.245. The second kappa shape index (κ2) is 38.6. The van der Waals surface area contributed by atoms with Crippen molar-refractivity contribution in [1.29, 1.82) is 0 Å². The van der Waals surface area contributed by atoms with Crippen LogP contribution in [0, 0.1) is 6.92 Å². The molecule has 0 aromatic carbocycles. The molecule has 408 valence electrons. The molecule has 8 saturated heterocycles. The van der Waals surface area contributed by atoms with Crippen LogP contribution in [0.5, 0.6) is 17.6 Å². The molecule has 16 rings (SSSR count). The van der Waals surface area contributed by atoms with Crippen molar-refractivity contribution in [2.24, 2.45) is 0 Å². The molecule has 73 heavy (non-hydrogen) atoms. The third-order valence-electron chi connectivity index (χ3n) is 14.7. The zero-order chi connectivity index (χ0) is 52.3. The fourth-order valence-corrected chi connectivity index (χ4v) is 10.6. The summed E-state index contributed by atoms with van der Waals surface area (Å²) in [5.74, 6) is 2.31. The summed E-state index contributed by atoms with van der Waals surface area (Å²) >= 11 is 0. The maximum absolute atomic E-state index is 10.9. The number of rotatable bonds is 6. The van der Waals surface area contributed by atoms with Gasteiger partial charge in [-0.25, -0.2) is 15.0 Å². The molecule has 14 heteroatoms. The van der Waals surface area contributed by atoms with E-state index in [2.05, 4.69) is 67.7 Å². The van der Waals surface area contributed by atoms with E-state index in [0.29, 0.717) is 30.4 Å². The first kappa shape index (κ1) is 69.1. The van der Waals surface area contributed by atoms with Crippen LogP contribution in [0.25, 0.3) is 0 Å². The summed E-state index contributed by atoms with van der Waals surface area (Å²) in [6.45, 7) is 22.0. The average Bonchev–Trinajstić information content (AvgIpc) is 3.45. The number of hydrogen-bond donors (Lipinski definition) is 0. The maximum Gasteiger partial charge on any atom is 1.00 e. The van der Waals surface area contributed by atoms with Gasteiger partial charge in [0.25, 0.3) is 0 Å². The standard InChI is InChI=1S/3C12H16N2O.C7H12NO.C6H7N.5C2H6.K.Pd/c3*1-14-9-6-10(14)8-11(7-9)15-12-4-2-3-5-13-12;1-8-5-2-6(8)4-7(9)3-5;1-6-4-2-3-5-7-6;5*1-2;;/h3*2-5,9-11H,6-8H2,1H3;5-7H,2-4H2,1H3;2-5H,1H3;5*1-2H3;;/q;;;-1;;;;;;;+1;. The molecule has 8 unspecified atom stereocenters. The smallest absolute Gasteiger partial charge is 0.852 e. The van der Waals surface area contributed by atoms with E-state index in [4.69, 9.17) is 14.2 Å². The average molecular weight is 1130 g/mol. The number of pyridine rings is 4. The maximum atomic E-state index is 10.9. The Morgan fingerprint density at radius 3 is 0.767 bits per heavy atom. The molecule has 0 N–H and O–H groups in total. The van der Waals surface area contributed by atoms with E-state index < -0.39 is 0 Å². The van der Waals surface area contributed by atoms with Gasteiger partial charge in [-0.2, -0.15) is 0 Å². The topological polar surface area (TPSA) is 115 Å². The van der Waals surface area contributed by atoms with Crippen LogP contribution in [0.15, 0.2) is 97.6 Å². The third-order valence-corrected chi connectivity index (χ3v) is 14.7. The van der Waals surface area contributed by atoms with Gasteiger partial charge < -0.3 is 38.9 Å². The Hall–Kier alpha value is -1.90. The van der Waals surface area contributed by atoms with Crippen molar-refractivity contribution in [2.45, 2.75) is 226 Å². The summed E-state index contributed by atoms with van der Waals surface area (Å²) in [5.41, 5.74) is 1.07. The number of piperidine rings is 4. The van der Waals surface area contributed by atoms with E-state index in [1.165, 1.54) is 25.7 Å². The number of nitrogens with zero attached hydrogens (tertiary/aromatic N) is 8. The molecule has 0 spiro atoms. The first-order valence-corrected chi connectivity index (χ1v) is 27.8. The van der Waals surface area contributed by atoms with Gasteiger partial charge in [0.1, 0.15) is 18.3 Å². The Morgan fingerprint density at radius 2 is 0.603 bits per heavy atom. The minimum Gasteiger partial charge on any atom is -0.852 e. The Morgan fingerprint density at radius 1 is 0.370 bits per heavy atom. The molecular weight excluding hydrogens is 1030 g/mol. The molecule has 8 atom stereocenters. The summed E-state index contributed by atoms with van der Waals surface area (Å²) in [6.07, 6.45) is 22.1. The van der Waals surface area contributed by atoms with Gasteiger partial charge in [-0.05, 0) is 142 Å². The van der Waals surface area contributed by atoms with Gasteiger partial charge in [0.15, 0.2) is 0 Å². The van der Waals surface area contributed by atoms with Crippen LogP contribution in [-0.2, 0) is 20.4 Å². The van der Waals surface area contributed by atoms with E-state index in [9.17, 15) is 5.11 Å². The number of ether oxygens (including phenoxy) is 3. The molecule has 8 aliphatic heterocycles. The van der Waals surface area contributed by atoms with Gasteiger partial charge in [0, 0.05) is 117 Å². The molecule has 4 aliphatic carbocycles. The number of hydrogen-bond acceptors (Lipinski definition) is 12. The first-order valence-electron chi connectivity index (χ1n) is 27.8. The van der Waals surface area contributed by atoms with Gasteiger partial charge in [0.05, 0.1) is 0 Å². The van der Waals surface area contributed by atoms with Gasteiger partial charge in [-0.1, -0.05) is 93.5 Å². The van der Waals surface area contributed by atoms with Crippen molar-refractivity contribution in [2.75, 3.05) is 28.2 Å². The molecule has 0 radical (unpaired) electrons. The monoisotopic (exact) mass is 1130 g/mol. The van der Waals surface area contributed by atoms with Crippen LogP contribution < -0.4 is 70.7 Å². The van der Waals surface area contributed by atoms with Gasteiger partial charge in [0.2, 0.25) is 17.6 Å². The summed E-state index contributed by atoms with van der Waals surface area (Å²) in [5, 5.41) is 10.9. The van der Waals surface area contributed by atoms with Crippen molar-refractivity contribution < 1.29 is 91.1 Å². The number of fused-ring (bicyclic) bond motifs is 8. The Kier molecular flexibility index (Phi) is 36.6. The molecule has 8 bridgehead atoms. The Labute approximate surface area is 501 Å². The molecule has 12 fully saturated rings. The Balaban J connectivity index is 0.000000442. The minimum absolute atomic E-state index is 0. The van der Waals surface area contributed by atoms with Crippen LogP contribution >= 0.6 is 0 Å². The van der Waals surface area contributed by atoms with Crippen molar-refractivity contribution in [3.05, 3.63) is 103 Å². The quantitative estimate of drug-likeness (QED) is 0.174. The molecule has 4 aromatic rings. The van der Waals surface area contributed by atoms with E-state index in [0.717, 1.165) is 111 Å². The fourth-order valence-electron chi connectivity index (χ4n) is 10.6. The van der Waals surface area contributed by atoms with Crippen LogP contribution in [0.2, 0.25) is 0 Å². The SMILES string of the molecule is CC.CC.CC.CC.CC.CN1C2CC(Oc3ccccn3)CC1C2.CN1C2CC(Oc3ccccn3)CC1C2.CN1C2CC(Oc3ccccn3)CC1C2.CN1C2CC([O-])CC1C2.Cc1ccccn1.[K+].[Pd]. The van der Waals surface area contributed by atoms with Crippen molar-refractivity contribution in [3.63, 3.8) is 0 Å². The molecule has 12 aliphatic rings. The number of aryl methyl sites for hydroxylation is 1. The second-order valence-electron chi connectivity index (χ2n) is 18.5. The number of aromatic nitrogens is 4. The zero-order valence-corrected chi connectivity index (χ0v) is 52.9. The predicted octanol–water partition coefficient (Wildman–Crippen LogP) is 8.19. The van der Waals surface area contributed by atoms with Crippen LogP contribution in [-0.4, -0.2) is 140 Å². The molecular formula is C59H97KN8O4Pd. The van der Waals surface area contributed by atoms with Crippen LogP contribution in [0.3, 0.4) is 0 Å². The molecule has 4 saturated carbocycles. The van der Waals surface area contributed by atoms with Crippen molar-refractivity contribution in [3.8, 4) is 17.6 Å². The van der Waals surface area contributed by atoms with E-state index in [-0.39, 0.29) is 77.9 Å². The summed E-state index contributed by atoms with van der Waals surface area (Å²) in [4.78, 5) is 26.3. The summed E-state index contributed by atoms with van der Waals surface area (Å²) in [7, 11) is 8.78. The molecule has 4 aromatic heterocycles. The fraction of sp³-hybridized carbons (Fsp3) is 0.661. The van der Waals surface area contributed by atoms with Crippen LogP contribution in [0.4, 0.5) is 0 Å². The Bertz CT molecular complexity index is 1710. The normalized spacial score (nSPS) is 28.8. The summed E-state index contributed by atoms with van der Waals surface area (Å²) in [6, 6.07) is 29.1. The second-order valence-corrected chi connectivity index (χ2v) is 18.5. The molecule has 0 amide bonds. The zero-order valence-electron chi connectivity index (χ0n) is 48.2. The van der Waals surface area contributed by atoms with Crippen LogP contribution in [0.1, 0.15) is 152 Å². The first-order chi connectivity index (χ1) is 34.6. The van der Waals surface area contributed by atoms with Gasteiger partial charge >= 0.3 is 51.4 Å². The van der Waals surface area contributed by atoms with E-state index >= 15 is 0 Å². The largest absolute Gasteiger partial charge is 1.00 e. The molecule has 12 heterocycles. The molecule has 12 nitrogen and oxygen atoms in total.